The summed E-state index contributed by atoms with van der Waals surface area (Å²) < 4.78 is 186. The Morgan fingerprint density at radius 3 is 1.48 bits per heavy atom. The molecule has 3 heterocycles. The highest BCUT2D eigenvalue weighted by atomic mass is 32.2. The summed E-state index contributed by atoms with van der Waals surface area (Å²) in [6.45, 7) is 44.5. The molecule has 0 aliphatic carbocycles. The van der Waals surface area contributed by atoms with Crippen molar-refractivity contribution in [2.45, 2.75) is 265 Å². The van der Waals surface area contributed by atoms with Gasteiger partial charge in [-0.1, -0.05) is 104 Å². The lowest BCUT2D eigenvalue weighted by Crippen LogP contribution is -2.46. The van der Waals surface area contributed by atoms with Gasteiger partial charge in [0.1, 0.15) is 23.9 Å². The molecule has 3 saturated heterocycles. The van der Waals surface area contributed by atoms with Gasteiger partial charge in [-0.05, 0) is 222 Å². The standard InChI is InChI=1S/C31H61N4O11PS.C31H43N2O5P.C23H40NO7P.C21H38NO7P/c1-6-40-14-15-41-16-17-42-18-19-43-20-21-44-22-23-45-47(38,46-31(2,3)4)33-13-11-25(39-5)10-12-32-28(36)9-7-8-27-29-26(24-48-27)34-30(37)35-29;1-25(2)37-39(34,38-30(3,4)5)33-22-24-36-23-21-32-31(26-13-9-7-10-14-26,27-15-11-8-12-16-27)28-17-19-29(35-6)20-18-28;1-18(14-16-26-5)30-32(25,31-23(2,3)4)24-15-8-7-9-21-17-28-22(29-21)19-10-12-20(27-6)13-11-19;1-8-26-15-17(2)16-28-30(23,29-21(3,4)5)22-13-14-27-19-11-9-18(10-12-19)20(24-6)25-7/h25-27,29H,6-24H2,1-5H3,(H,32,36)(H,33,38)(H2,34,35,37);7-20,25,32H,21-24H2,1-6H3,(H,33,34);10-13,18,21-22H,7-9,14-17H2,1-6H3,(H,24,25);9-12,17,20H,8,13-16H2,1-7H3,(H,22,23). The zero-order valence-electron chi connectivity index (χ0n) is 93.2. The number of methoxy groups -OCH3 is 6. The van der Waals surface area contributed by atoms with Gasteiger partial charge in [0.2, 0.25) is 5.91 Å². The van der Waals surface area contributed by atoms with E-state index >= 15 is 0 Å². The van der Waals surface area contributed by atoms with Crippen molar-refractivity contribution in [2.75, 3.05) is 213 Å². The summed E-state index contributed by atoms with van der Waals surface area (Å²) in [4.78, 5) is 23.9. The highest BCUT2D eigenvalue weighted by molar-refractivity contribution is 8.00. The van der Waals surface area contributed by atoms with E-state index in [1.54, 1.807) is 42.7 Å². The Bertz CT molecular complexity index is 4510. The van der Waals surface area contributed by atoms with Crippen molar-refractivity contribution in [2.24, 2.45) is 5.92 Å². The zero-order valence-corrected chi connectivity index (χ0v) is 97.6. The summed E-state index contributed by atoms with van der Waals surface area (Å²) in [5, 5.41) is 24.8. The molecule has 43 heteroatoms. The molecule has 3 aliphatic heterocycles. The maximum absolute atomic E-state index is 13.4. The largest absolute Gasteiger partial charge is 0.497 e. The molecular formula is C106H182N8O30P4S. The maximum Gasteiger partial charge on any atom is 0.406 e. The molecule has 3 amide bonds. The molecule has 5 aromatic carbocycles. The SMILES string of the molecule is CCOCC(C)COP(=O)(NCCOc1ccc(C(OC)OC)cc1)OC(C)(C)C.CCOCCOCCOCCOCCOCCOP(=O)(NCCC(CCNC(=O)CCCC1SCC2NC(=O)NC21)OC)OC(C)(C)C.COCCC(C)OP(=O)(NCCCCC1COC(c2ccc(OC)cc2)O1)OC(C)(C)C.COc1ccc(C(NCCOCCNP(=O)(OC(C)C)OC(C)(C)C)(c2ccccc2)c2ccccc2)cc1. The molecule has 38 nitrogen and oxygen atoms in total. The van der Waals surface area contributed by atoms with Crippen molar-refractivity contribution in [1.82, 2.24) is 41.6 Å². The van der Waals surface area contributed by atoms with E-state index in [1.807, 2.05) is 209 Å². The number of nitrogens with one attached hydrogen (secondary N) is 8. The van der Waals surface area contributed by atoms with Crippen molar-refractivity contribution in [3.05, 3.63) is 161 Å². The quantitative estimate of drug-likeness (QED) is 0.00589. The first kappa shape index (κ1) is 134. The van der Waals surface area contributed by atoms with Gasteiger partial charge in [-0.2, -0.15) is 11.8 Å². The van der Waals surface area contributed by atoms with Crippen LogP contribution in [0, 0.1) is 5.92 Å². The van der Waals surface area contributed by atoms with Crippen LogP contribution in [0.4, 0.5) is 4.79 Å². The minimum absolute atomic E-state index is 0.00117. The number of hydrogen-bond donors (Lipinski definition) is 8. The fraction of sp³-hybridized carbons (Fsp3) is 0.698. The predicted molar refractivity (Wildman–Crippen MR) is 582 cm³/mol. The number of amides is 3. The summed E-state index contributed by atoms with van der Waals surface area (Å²) in [5.41, 5.74) is 2.09. The molecule has 0 spiro atoms. The fourth-order valence-corrected chi connectivity index (χ4v) is 23.9. The van der Waals surface area contributed by atoms with Gasteiger partial charge in [0.25, 0.3) is 0 Å². The summed E-state index contributed by atoms with van der Waals surface area (Å²) in [6, 6.07) is 44.3. The zero-order chi connectivity index (χ0) is 110. The molecule has 0 saturated carbocycles. The van der Waals surface area contributed by atoms with Crippen LogP contribution in [-0.4, -0.2) is 289 Å². The van der Waals surface area contributed by atoms with E-state index in [0.717, 1.165) is 77.2 Å². The van der Waals surface area contributed by atoms with E-state index in [0.29, 0.717) is 182 Å². The van der Waals surface area contributed by atoms with Gasteiger partial charge < -0.3 is 91.7 Å². The Kier molecular flexibility index (Phi) is 65.1. The van der Waals surface area contributed by atoms with Crippen molar-refractivity contribution >= 4 is 54.7 Å². The number of rotatable bonds is 74. The number of unbranched alkanes of at least 4 members (excludes halogenated alkanes) is 1. The molecule has 12 atom stereocenters. The number of urea groups is 1. The van der Waals surface area contributed by atoms with E-state index in [2.05, 4.69) is 102 Å². The summed E-state index contributed by atoms with van der Waals surface area (Å²) in [5.74, 6) is 3.30. The van der Waals surface area contributed by atoms with Crippen LogP contribution in [0.3, 0.4) is 0 Å². The number of carbonyl (C=O) groups is 2. The second-order valence-corrected chi connectivity index (χ2v) is 48.0. The second kappa shape index (κ2) is 72.4. The first-order chi connectivity index (χ1) is 70.9. The molecule has 852 valence electrons. The third kappa shape index (κ3) is 57.3. The number of carbonyl (C=O) groups excluding carboxylic acids is 2. The van der Waals surface area contributed by atoms with Crippen LogP contribution in [-0.2, 0) is 126 Å². The molecule has 0 radical (unpaired) electrons. The van der Waals surface area contributed by atoms with E-state index in [4.69, 9.17) is 112 Å². The number of ether oxygens (including phenoxy) is 16. The molecule has 3 fully saturated rings. The molecule has 8 N–H and O–H groups in total. The van der Waals surface area contributed by atoms with Crippen LogP contribution in [0.5, 0.6) is 17.2 Å². The topological polar surface area (TPSA) is 420 Å². The van der Waals surface area contributed by atoms with Crippen molar-refractivity contribution in [1.29, 1.82) is 0 Å². The van der Waals surface area contributed by atoms with Crippen molar-refractivity contribution in [3.63, 3.8) is 0 Å². The number of hydrogen-bond acceptors (Lipinski definition) is 32. The average molecular weight is 2200 g/mol. The highest BCUT2D eigenvalue weighted by Crippen LogP contribution is 2.52. The molecule has 149 heavy (non-hydrogen) atoms. The van der Waals surface area contributed by atoms with E-state index in [9.17, 15) is 27.8 Å². The van der Waals surface area contributed by atoms with Gasteiger partial charge in [-0.15, -0.1) is 0 Å². The second-order valence-electron chi connectivity index (χ2n) is 39.8. The molecule has 12 unspecified atom stereocenters. The monoisotopic (exact) mass is 2200 g/mol. The minimum atomic E-state index is -3.62. The van der Waals surface area contributed by atoms with Crippen LogP contribution < -0.4 is 55.8 Å². The van der Waals surface area contributed by atoms with Gasteiger partial charge in [0.05, 0.1) is 178 Å². The average Bonchev–Trinajstić information content (AvgIpc) is 0.850. The number of fused-ring (bicyclic) bond motifs is 1. The number of benzene rings is 5. The molecule has 0 aromatic heterocycles. The molecular weight excluding hydrogens is 2020 g/mol. The third-order valence-corrected chi connectivity index (χ3v) is 31.2. The lowest BCUT2D eigenvalue weighted by molar-refractivity contribution is -0.121. The Hall–Kier alpha value is -5.53. The summed E-state index contributed by atoms with van der Waals surface area (Å²) in [7, 11) is -4.27. The first-order valence-electron chi connectivity index (χ1n) is 52.0. The molecule has 5 aromatic rings. The Morgan fingerprint density at radius 1 is 0.463 bits per heavy atom. The van der Waals surface area contributed by atoms with Gasteiger partial charge >= 0.3 is 37.0 Å². The van der Waals surface area contributed by atoms with Gasteiger partial charge in [0.15, 0.2) is 12.6 Å². The maximum atomic E-state index is 13.4. The minimum Gasteiger partial charge on any atom is -0.497 e. The van der Waals surface area contributed by atoms with Crippen LogP contribution in [0.25, 0.3) is 0 Å². The predicted octanol–water partition coefficient (Wildman–Crippen LogP) is 19.2. The number of thioether (sulfide) groups is 1. The van der Waals surface area contributed by atoms with E-state index in [1.165, 1.54) is 0 Å². The van der Waals surface area contributed by atoms with Crippen LogP contribution in [0.1, 0.15) is 223 Å². The lowest BCUT2D eigenvalue weighted by Gasteiger charge is -2.37. The van der Waals surface area contributed by atoms with Gasteiger partial charge in [-0.3, -0.25) is 46.3 Å². The third-order valence-electron chi connectivity index (χ3n) is 21.8. The van der Waals surface area contributed by atoms with Crippen molar-refractivity contribution in [3.8, 4) is 17.2 Å². The highest BCUT2D eigenvalue weighted by Gasteiger charge is 2.44. The van der Waals surface area contributed by atoms with Crippen LogP contribution >= 0.6 is 42.7 Å². The van der Waals surface area contributed by atoms with Crippen LogP contribution in [0.2, 0.25) is 0 Å². The fourth-order valence-electron chi connectivity index (χ4n) is 15.2. The van der Waals surface area contributed by atoms with Crippen LogP contribution in [0.15, 0.2) is 133 Å². The Balaban J connectivity index is 0.000000355. The van der Waals surface area contributed by atoms with Gasteiger partial charge in [-0.25, -0.2) is 43.4 Å². The lowest BCUT2D eigenvalue weighted by atomic mass is 9.77. The van der Waals surface area contributed by atoms with E-state index in [-0.39, 0.29) is 80.5 Å². The normalized spacial score (nSPS) is 18.2. The first-order valence-corrected chi connectivity index (χ1v) is 59.2. The summed E-state index contributed by atoms with van der Waals surface area (Å²) >= 11 is 1.85. The summed E-state index contributed by atoms with van der Waals surface area (Å²) in [6.07, 6.45) is 5.15. The molecule has 0 bridgehead atoms. The molecule has 3 aliphatic rings. The smallest absolute Gasteiger partial charge is 0.406 e. The van der Waals surface area contributed by atoms with Gasteiger partial charge in [0, 0.05) is 122 Å². The van der Waals surface area contributed by atoms with Crippen molar-refractivity contribution < 1.29 is 140 Å². The van der Waals surface area contributed by atoms with E-state index < -0.39 is 65.2 Å². The Labute approximate surface area is 893 Å². The Morgan fingerprint density at radius 2 is 0.946 bits per heavy atom. The molecule has 8 rings (SSSR count).